The summed E-state index contributed by atoms with van der Waals surface area (Å²) in [7, 11) is 3.22. The standard InChI is InChI=1S/C24H28N2O3/c1-6-26(15-17-11-12-22(28-4)23(13-17)29-5)24(27)19-14-21(16(2)3)25-20-10-8-7-9-18(19)20/h7-14,16H,6,15H2,1-5H3. The van der Waals surface area contributed by atoms with Gasteiger partial charge in [0.1, 0.15) is 0 Å². The molecule has 3 rings (SSSR count). The maximum atomic E-state index is 13.5. The van der Waals surface area contributed by atoms with E-state index in [0.29, 0.717) is 30.2 Å². The van der Waals surface area contributed by atoms with Crippen LogP contribution in [0.25, 0.3) is 10.9 Å². The summed E-state index contributed by atoms with van der Waals surface area (Å²) in [6, 6.07) is 15.5. The predicted octanol–water partition coefficient (Wildman–Crippen LogP) is 5.04. The van der Waals surface area contributed by atoms with Crippen molar-refractivity contribution < 1.29 is 14.3 Å². The van der Waals surface area contributed by atoms with E-state index in [4.69, 9.17) is 14.5 Å². The molecular formula is C24H28N2O3. The molecule has 1 amide bonds. The van der Waals surface area contributed by atoms with E-state index < -0.39 is 0 Å². The van der Waals surface area contributed by atoms with E-state index in [0.717, 1.165) is 22.2 Å². The van der Waals surface area contributed by atoms with Crippen LogP contribution in [0.3, 0.4) is 0 Å². The van der Waals surface area contributed by atoms with Gasteiger partial charge >= 0.3 is 0 Å². The summed E-state index contributed by atoms with van der Waals surface area (Å²) in [6.07, 6.45) is 0. The van der Waals surface area contributed by atoms with Gasteiger partial charge in [-0.05, 0) is 42.7 Å². The smallest absolute Gasteiger partial charge is 0.254 e. The van der Waals surface area contributed by atoms with E-state index in [1.165, 1.54) is 0 Å². The molecule has 0 radical (unpaired) electrons. The summed E-state index contributed by atoms with van der Waals surface area (Å²) < 4.78 is 10.7. The Morgan fingerprint density at radius 3 is 2.41 bits per heavy atom. The average molecular weight is 392 g/mol. The second-order valence-corrected chi connectivity index (χ2v) is 7.28. The minimum absolute atomic E-state index is 0.00258. The second-order valence-electron chi connectivity index (χ2n) is 7.28. The van der Waals surface area contributed by atoms with Gasteiger partial charge < -0.3 is 14.4 Å². The van der Waals surface area contributed by atoms with E-state index in [1.54, 1.807) is 14.2 Å². The van der Waals surface area contributed by atoms with Crippen molar-refractivity contribution in [3.63, 3.8) is 0 Å². The van der Waals surface area contributed by atoms with Crippen molar-refractivity contribution in [3.05, 3.63) is 65.4 Å². The zero-order valence-electron chi connectivity index (χ0n) is 17.7. The Hall–Kier alpha value is -3.08. The molecule has 152 valence electrons. The van der Waals surface area contributed by atoms with Crippen LogP contribution in [0.5, 0.6) is 11.5 Å². The Morgan fingerprint density at radius 2 is 1.76 bits per heavy atom. The molecule has 0 atom stereocenters. The molecule has 0 N–H and O–H groups in total. The molecule has 5 heteroatoms. The highest BCUT2D eigenvalue weighted by molar-refractivity contribution is 6.06. The van der Waals surface area contributed by atoms with Crippen molar-refractivity contribution >= 4 is 16.8 Å². The second kappa shape index (κ2) is 8.95. The van der Waals surface area contributed by atoms with Gasteiger partial charge in [0.05, 0.1) is 25.3 Å². The van der Waals surface area contributed by atoms with Crippen LogP contribution in [0.4, 0.5) is 0 Å². The van der Waals surface area contributed by atoms with Gasteiger partial charge in [0, 0.05) is 24.2 Å². The van der Waals surface area contributed by atoms with Gasteiger partial charge in [-0.1, -0.05) is 38.1 Å². The molecule has 0 bridgehead atoms. The number of hydrogen-bond donors (Lipinski definition) is 0. The van der Waals surface area contributed by atoms with E-state index in [-0.39, 0.29) is 11.8 Å². The maximum Gasteiger partial charge on any atom is 0.254 e. The summed E-state index contributed by atoms with van der Waals surface area (Å²) in [5, 5.41) is 0.882. The highest BCUT2D eigenvalue weighted by Crippen LogP contribution is 2.29. The lowest BCUT2D eigenvalue weighted by Gasteiger charge is -2.23. The molecule has 0 aliphatic carbocycles. The summed E-state index contributed by atoms with van der Waals surface area (Å²) in [4.78, 5) is 20.1. The number of nitrogens with zero attached hydrogens (tertiary/aromatic N) is 2. The normalized spacial score (nSPS) is 11.0. The van der Waals surface area contributed by atoms with Gasteiger partial charge in [-0.15, -0.1) is 0 Å². The minimum Gasteiger partial charge on any atom is -0.493 e. The van der Waals surface area contributed by atoms with E-state index in [1.807, 2.05) is 60.4 Å². The van der Waals surface area contributed by atoms with E-state index >= 15 is 0 Å². The third kappa shape index (κ3) is 4.34. The molecule has 3 aromatic rings. The molecule has 0 aliphatic rings. The Balaban J connectivity index is 1.98. The molecule has 0 aliphatic heterocycles. The Kier molecular flexibility index (Phi) is 6.37. The van der Waals surface area contributed by atoms with Crippen LogP contribution in [0.2, 0.25) is 0 Å². The van der Waals surface area contributed by atoms with Crippen molar-refractivity contribution in [1.82, 2.24) is 9.88 Å². The first kappa shape index (κ1) is 20.6. The third-order valence-corrected chi connectivity index (χ3v) is 5.05. The Labute approximate surface area is 172 Å². The van der Waals surface area contributed by atoms with Crippen LogP contribution < -0.4 is 9.47 Å². The van der Waals surface area contributed by atoms with Gasteiger partial charge in [-0.25, -0.2) is 0 Å². The van der Waals surface area contributed by atoms with Crippen LogP contribution >= 0.6 is 0 Å². The number of aromatic nitrogens is 1. The number of fused-ring (bicyclic) bond motifs is 1. The summed E-state index contributed by atoms with van der Waals surface area (Å²) >= 11 is 0. The largest absolute Gasteiger partial charge is 0.493 e. The molecule has 1 heterocycles. The first-order valence-electron chi connectivity index (χ1n) is 9.88. The molecular weight excluding hydrogens is 364 g/mol. The van der Waals surface area contributed by atoms with Gasteiger partial charge in [0.15, 0.2) is 11.5 Å². The molecule has 0 unspecified atom stereocenters. The van der Waals surface area contributed by atoms with Gasteiger partial charge in [0.25, 0.3) is 5.91 Å². The fourth-order valence-electron chi connectivity index (χ4n) is 3.37. The van der Waals surface area contributed by atoms with E-state index in [9.17, 15) is 4.79 Å². The van der Waals surface area contributed by atoms with Crippen molar-refractivity contribution in [2.75, 3.05) is 20.8 Å². The number of amides is 1. The number of pyridine rings is 1. The maximum absolute atomic E-state index is 13.5. The number of hydrogen-bond acceptors (Lipinski definition) is 4. The van der Waals surface area contributed by atoms with Gasteiger partial charge in [-0.3, -0.25) is 9.78 Å². The first-order valence-corrected chi connectivity index (χ1v) is 9.88. The summed E-state index contributed by atoms with van der Waals surface area (Å²) in [5.41, 5.74) is 3.46. The topological polar surface area (TPSA) is 51.7 Å². The quantitative estimate of drug-likeness (QED) is 0.565. The number of carbonyl (C=O) groups excluding carboxylic acids is 1. The number of methoxy groups -OCH3 is 2. The zero-order chi connectivity index (χ0) is 21.0. The van der Waals surface area contributed by atoms with Crippen LogP contribution in [-0.2, 0) is 6.54 Å². The van der Waals surface area contributed by atoms with Crippen molar-refractivity contribution in [2.24, 2.45) is 0 Å². The lowest BCUT2D eigenvalue weighted by Crippen LogP contribution is -2.30. The molecule has 0 saturated carbocycles. The van der Waals surface area contributed by atoms with Crippen LogP contribution in [0.15, 0.2) is 48.5 Å². The van der Waals surface area contributed by atoms with Crippen molar-refractivity contribution in [1.29, 1.82) is 0 Å². The highest BCUT2D eigenvalue weighted by Gasteiger charge is 2.20. The minimum atomic E-state index is 0.00258. The molecule has 0 saturated heterocycles. The summed E-state index contributed by atoms with van der Waals surface area (Å²) in [6.45, 7) is 7.26. The van der Waals surface area contributed by atoms with Crippen LogP contribution in [-0.4, -0.2) is 36.6 Å². The van der Waals surface area contributed by atoms with Crippen molar-refractivity contribution in [2.45, 2.75) is 33.2 Å². The van der Waals surface area contributed by atoms with Gasteiger partial charge in [-0.2, -0.15) is 0 Å². The molecule has 0 spiro atoms. The SMILES string of the molecule is CCN(Cc1ccc(OC)c(OC)c1)C(=O)c1cc(C(C)C)nc2ccccc12. The number of para-hydroxylation sites is 1. The molecule has 2 aromatic carbocycles. The van der Waals surface area contributed by atoms with Gasteiger partial charge in [0.2, 0.25) is 0 Å². The lowest BCUT2D eigenvalue weighted by molar-refractivity contribution is 0.0754. The fraction of sp³-hybridized carbons (Fsp3) is 0.333. The third-order valence-electron chi connectivity index (χ3n) is 5.05. The predicted molar refractivity (Wildman–Crippen MR) is 116 cm³/mol. The Morgan fingerprint density at radius 1 is 1.03 bits per heavy atom. The average Bonchev–Trinajstić information content (AvgIpc) is 2.75. The number of rotatable bonds is 7. The molecule has 1 aromatic heterocycles. The number of ether oxygens (including phenoxy) is 2. The van der Waals surface area contributed by atoms with Crippen LogP contribution in [0, 0.1) is 0 Å². The Bertz CT molecular complexity index is 1010. The summed E-state index contributed by atoms with van der Waals surface area (Å²) in [5.74, 6) is 1.58. The van der Waals surface area contributed by atoms with Crippen LogP contribution in [0.1, 0.15) is 48.3 Å². The highest BCUT2D eigenvalue weighted by atomic mass is 16.5. The zero-order valence-corrected chi connectivity index (χ0v) is 17.7. The monoisotopic (exact) mass is 392 g/mol. The van der Waals surface area contributed by atoms with Crippen molar-refractivity contribution in [3.8, 4) is 11.5 Å². The first-order chi connectivity index (χ1) is 14.0. The molecule has 0 fully saturated rings. The van der Waals surface area contributed by atoms with E-state index in [2.05, 4.69) is 13.8 Å². The fourth-order valence-corrected chi connectivity index (χ4v) is 3.37. The number of carbonyl (C=O) groups is 1. The molecule has 29 heavy (non-hydrogen) atoms. The lowest BCUT2D eigenvalue weighted by atomic mass is 10.0. The molecule has 5 nitrogen and oxygen atoms in total. The number of benzene rings is 2.